The fourth-order valence-corrected chi connectivity index (χ4v) is 2.55. The first kappa shape index (κ1) is 15.3. The van der Waals surface area contributed by atoms with E-state index < -0.39 is 10.0 Å². The second-order valence-electron chi connectivity index (χ2n) is 4.83. The predicted octanol–water partition coefficient (Wildman–Crippen LogP) is 0.990. The van der Waals surface area contributed by atoms with Gasteiger partial charge in [-0.1, -0.05) is 0 Å². The number of primary sulfonamides is 1. The first-order valence-corrected chi connectivity index (χ1v) is 7.94. The highest BCUT2D eigenvalue weighted by atomic mass is 32.2. The van der Waals surface area contributed by atoms with Crippen LogP contribution in [0.25, 0.3) is 0 Å². The lowest BCUT2D eigenvalue weighted by Crippen LogP contribution is -2.21. The SMILES string of the molecule is CN(CCc1ccncc1)c1cc(N)cc(S(N)(=O)=O)c1. The molecule has 0 radical (unpaired) electrons. The van der Waals surface area contributed by atoms with Gasteiger partial charge in [0.15, 0.2) is 0 Å². The summed E-state index contributed by atoms with van der Waals surface area (Å²) in [6.07, 6.45) is 4.31. The zero-order chi connectivity index (χ0) is 15.5. The van der Waals surface area contributed by atoms with Gasteiger partial charge in [0, 0.05) is 37.4 Å². The van der Waals surface area contributed by atoms with Gasteiger partial charge < -0.3 is 10.6 Å². The number of hydrogen-bond donors (Lipinski definition) is 2. The molecule has 112 valence electrons. The average molecular weight is 306 g/mol. The van der Waals surface area contributed by atoms with E-state index in [2.05, 4.69) is 4.98 Å². The Balaban J connectivity index is 2.16. The van der Waals surface area contributed by atoms with Crippen molar-refractivity contribution < 1.29 is 8.42 Å². The highest BCUT2D eigenvalue weighted by molar-refractivity contribution is 7.89. The molecule has 0 unspecified atom stereocenters. The second kappa shape index (κ2) is 6.11. The molecule has 0 saturated heterocycles. The summed E-state index contributed by atoms with van der Waals surface area (Å²) < 4.78 is 22.9. The maximum Gasteiger partial charge on any atom is 0.238 e. The average Bonchev–Trinajstić information content (AvgIpc) is 2.44. The molecule has 0 aliphatic heterocycles. The Labute approximate surface area is 124 Å². The molecule has 0 amide bonds. The van der Waals surface area contributed by atoms with Crippen LogP contribution in [-0.2, 0) is 16.4 Å². The highest BCUT2D eigenvalue weighted by Crippen LogP contribution is 2.22. The molecule has 0 fully saturated rings. The minimum absolute atomic E-state index is 0.0215. The van der Waals surface area contributed by atoms with Crippen LogP contribution in [0, 0.1) is 0 Å². The number of hydrogen-bond acceptors (Lipinski definition) is 5. The van der Waals surface area contributed by atoms with Gasteiger partial charge in [0.2, 0.25) is 10.0 Å². The molecule has 6 nitrogen and oxygen atoms in total. The van der Waals surface area contributed by atoms with E-state index in [0.717, 1.165) is 18.5 Å². The van der Waals surface area contributed by atoms with Crippen molar-refractivity contribution in [3.63, 3.8) is 0 Å². The van der Waals surface area contributed by atoms with Crippen molar-refractivity contribution >= 4 is 21.4 Å². The summed E-state index contributed by atoms with van der Waals surface area (Å²) in [5.41, 5.74) is 7.99. The summed E-state index contributed by atoms with van der Waals surface area (Å²) in [5, 5.41) is 5.15. The minimum Gasteiger partial charge on any atom is -0.399 e. The third-order valence-electron chi connectivity index (χ3n) is 3.17. The fraction of sp³-hybridized carbons (Fsp3) is 0.214. The van der Waals surface area contributed by atoms with E-state index in [-0.39, 0.29) is 4.90 Å². The molecule has 0 saturated carbocycles. The number of benzene rings is 1. The largest absolute Gasteiger partial charge is 0.399 e. The molecule has 2 rings (SSSR count). The maximum absolute atomic E-state index is 11.4. The number of nitrogen functional groups attached to an aromatic ring is 1. The Kier molecular flexibility index (Phi) is 4.44. The van der Waals surface area contributed by atoms with Crippen LogP contribution in [0.2, 0.25) is 0 Å². The van der Waals surface area contributed by atoms with Gasteiger partial charge in [-0.05, 0) is 42.3 Å². The molecule has 0 spiro atoms. The smallest absolute Gasteiger partial charge is 0.238 e. The van der Waals surface area contributed by atoms with E-state index in [1.807, 2.05) is 24.1 Å². The van der Waals surface area contributed by atoms with E-state index in [0.29, 0.717) is 11.4 Å². The molecule has 2 aromatic rings. The van der Waals surface area contributed by atoms with E-state index in [1.165, 1.54) is 12.1 Å². The molecule has 1 heterocycles. The number of anilines is 2. The van der Waals surface area contributed by atoms with Gasteiger partial charge in [0.05, 0.1) is 4.90 Å². The summed E-state index contributed by atoms with van der Waals surface area (Å²) in [6.45, 7) is 0.720. The third-order valence-corrected chi connectivity index (χ3v) is 4.06. The number of sulfonamides is 1. The second-order valence-corrected chi connectivity index (χ2v) is 6.39. The number of likely N-dealkylation sites (N-methyl/N-ethyl adjacent to an activating group) is 1. The topological polar surface area (TPSA) is 102 Å². The Hall–Kier alpha value is -2.12. The summed E-state index contributed by atoms with van der Waals surface area (Å²) in [5.74, 6) is 0. The lowest BCUT2D eigenvalue weighted by molar-refractivity contribution is 0.598. The molecule has 0 bridgehead atoms. The van der Waals surface area contributed by atoms with Crippen molar-refractivity contribution in [3.05, 3.63) is 48.3 Å². The number of pyridine rings is 1. The van der Waals surface area contributed by atoms with Crippen molar-refractivity contribution in [1.29, 1.82) is 0 Å². The van der Waals surface area contributed by atoms with Crippen LogP contribution in [-0.4, -0.2) is 27.0 Å². The first-order chi connectivity index (χ1) is 9.86. The van der Waals surface area contributed by atoms with Gasteiger partial charge in [0.1, 0.15) is 0 Å². The van der Waals surface area contributed by atoms with Crippen LogP contribution in [0.3, 0.4) is 0 Å². The predicted molar refractivity (Wildman–Crippen MR) is 83.4 cm³/mol. The third kappa shape index (κ3) is 4.17. The Morgan fingerprint density at radius 3 is 2.48 bits per heavy atom. The molecule has 1 aromatic carbocycles. The van der Waals surface area contributed by atoms with E-state index in [1.54, 1.807) is 18.5 Å². The zero-order valence-corrected chi connectivity index (χ0v) is 12.5. The van der Waals surface area contributed by atoms with E-state index in [9.17, 15) is 8.42 Å². The molecule has 4 N–H and O–H groups in total. The molecule has 0 aliphatic rings. The maximum atomic E-state index is 11.4. The van der Waals surface area contributed by atoms with Gasteiger partial charge >= 0.3 is 0 Å². The van der Waals surface area contributed by atoms with Gasteiger partial charge in [-0.2, -0.15) is 0 Å². The quantitative estimate of drug-likeness (QED) is 0.802. The van der Waals surface area contributed by atoms with Gasteiger partial charge in [-0.15, -0.1) is 0 Å². The van der Waals surface area contributed by atoms with Gasteiger partial charge in [0.25, 0.3) is 0 Å². The minimum atomic E-state index is -3.76. The van der Waals surface area contributed by atoms with Crippen molar-refractivity contribution in [2.24, 2.45) is 5.14 Å². The number of nitrogens with zero attached hydrogens (tertiary/aromatic N) is 2. The van der Waals surface area contributed by atoms with Crippen LogP contribution < -0.4 is 15.8 Å². The summed E-state index contributed by atoms with van der Waals surface area (Å²) in [4.78, 5) is 5.93. The van der Waals surface area contributed by atoms with Gasteiger partial charge in [-0.3, -0.25) is 4.98 Å². The lowest BCUT2D eigenvalue weighted by Gasteiger charge is -2.20. The number of nitrogens with two attached hydrogens (primary N) is 2. The van der Waals surface area contributed by atoms with Gasteiger partial charge in [-0.25, -0.2) is 13.6 Å². The fourth-order valence-electron chi connectivity index (χ4n) is 1.97. The van der Waals surface area contributed by atoms with Crippen molar-refractivity contribution in [3.8, 4) is 0 Å². The van der Waals surface area contributed by atoms with Crippen LogP contribution in [0.4, 0.5) is 11.4 Å². The Bertz CT molecular complexity index is 717. The number of aromatic nitrogens is 1. The Morgan fingerprint density at radius 2 is 1.86 bits per heavy atom. The van der Waals surface area contributed by atoms with Crippen molar-refractivity contribution in [2.45, 2.75) is 11.3 Å². The Morgan fingerprint density at radius 1 is 1.19 bits per heavy atom. The summed E-state index contributed by atoms with van der Waals surface area (Å²) >= 11 is 0. The summed E-state index contributed by atoms with van der Waals surface area (Å²) in [6, 6.07) is 8.50. The molecule has 1 aromatic heterocycles. The van der Waals surface area contributed by atoms with Crippen LogP contribution in [0.1, 0.15) is 5.56 Å². The highest BCUT2D eigenvalue weighted by Gasteiger charge is 2.12. The normalized spacial score (nSPS) is 11.3. The van der Waals surface area contributed by atoms with Crippen LogP contribution >= 0.6 is 0 Å². The lowest BCUT2D eigenvalue weighted by atomic mass is 10.2. The van der Waals surface area contributed by atoms with E-state index >= 15 is 0 Å². The monoisotopic (exact) mass is 306 g/mol. The molecule has 21 heavy (non-hydrogen) atoms. The van der Waals surface area contributed by atoms with Crippen LogP contribution in [0.5, 0.6) is 0 Å². The molecule has 0 atom stereocenters. The molecular weight excluding hydrogens is 288 g/mol. The van der Waals surface area contributed by atoms with Crippen LogP contribution in [0.15, 0.2) is 47.6 Å². The number of rotatable bonds is 5. The zero-order valence-electron chi connectivity index (χ0n) is 11.7. The molecule has 0 aliphatic carbocycles. The standard InChI is InChI=1S/C14H18N4O2S/c1-18(7-4-11-2-5-17-6-3-11)13-8-12(15)9-14(10-13)21(16,19)20/h2-3,5-6,8-10H,4,7,15H2,1H3,(H2,16,19,20). The van der Waals surface area contributed by atoms with Crippen molar-refractivity contribution in [2.75, 3.05) is 24.2 Å². The molecule has 7 heteroatoms. The molecular formula is C14H18N4O2S. The van der Waals surface area contributed by atoms with E-state index in [4.69, 9.17) is 10.9 Å². The van der Waals surface area contributed by atoms with Crippen molar-refractivity contribution in [1.82, 2.24) is 4.98 Å². The first-order valence-electron chi connectivity index (χ1n) is 6.39. The summed E-state index contributed by atoms with van der Waals surface area (Å²) in [7, 11) is -1.89.